The summed E-state index contributed by atoms with van der Waals surface area (Å²) < 4.78 is 23.3. The zero-order valence-electron chi connectivity index (χ0n) is 15.1. The minimum absolute atomic E-state index is 0.0799. The van der Waals surface area contributed by atoms with Gasteiger partial charge in [0, 0.05) is 0 Å². The highest BCUT2D eigenvalue weighted by molar-refractivity contribution is 6.22. The fraction of sp³-hybridized carbons (Fsp3) is 0.200. The van der Waals surface area contributed by atoms with Crippen LogP contribution >= 0.6 is 0 Å². The van der Waals surface area contributed by atoms with Gasteiger partial charge in [-0.2, -0.15) is 0 Å². The van der Waals surface area contributed by atoms with E-state index >= 15 is 0 Å². The Labute approximate surface area is 159 Å². The Bertz CT molecular complexity index is 951. The fourth-order valence-corrected chi connectivity index (χ4v) is 2.90. The summed E-state index contributed by atoms with van der Waals surface area (Å²) in [6.07, 6.45) is 0. The maximum Gasteiger partial charge on any atom is 0.329 e. The third kappa shape index (κ3) is 3.36. The van der Waals surface area contributed by atoms with Crippen LogP contribution in [0.1, 0.15) is 38.0 Å². The van der Waals surface area contributed by atoms with Gasteiger partial charge in [0.2, 0.25) is 5.78 Å². The van der Waals surface area contributed by atoms with Crippen molar-refractivity contribution in [3.05, 3.63) is 65.0 Å². The third-order valence-corrected chi connectivity index (χ3v) is 4.36. The van der Waals surface area contributed by atoms with Crippen LogP contribution in [0.3, 0.4) is 0 Å². The van der Waals surface area contributed by atoms with Crippen molar-refractivity contribution in [3.8, 4) is 5.75 Å². The van der Waals surface area contributed by atoms with Gasteiger partial charge in [-0.15, -0.1) is 0 Å². The predicted molar refractivity (Wildman–Crippen MR) is 94.6 cm³/mol. The minimum atomic E-state index is -1.23. The van der Waals surface area contributed by atoms with Gasteiger partial charge < -0.3 is 9.47 Å². The normalized spacial score (nSPS) is 13.9. The molecule has 0 fully saturated rings. The summed E-state index contributed by atoms with van der Waals surface area (Å²) in [6, 6.07) is 8.37. The van der Waals surface area contributed by atoms with Crippen molar-refractivity contribution in [2.24, 2.45) is 0 Å². The molecular weight excluding hydrogens is 369 g/mol. The number of carbonyl (C=O) groups excluding carboxylic acids is 4. The number of hydrogen-bond donors (Lipinski definition) is 0. The molecule has 0 saturated carbocycles. The number of Topliss-reactive ketones (excluding diaryl/α,β-unsaturated/α-hetero) is 1. The largest absolute Gasteiger partial charge is 0.496 e. The minimum Gasteiger partial charge on any atom is -0.496 e. The molecule has 0 N–H and O–H groups in total. The van der Waals surface area contributed by atoms with Crippen molar-refractivity contribution in [3.63, 3.8) is 0 Å². The van der Waals surface area contributed by atoms with Crippen molar-refractivity contribution in [2.45, 2.75) is 13.0 Å². The summed E-state index contributed by atoms with van der Waals surface area (Å²) in [5.41, 5.74) is 0.323. The topological polar surface area (TPSA) is 90.0 Å². The smallest absolute Gasteiger partial charge is 0.329 e. The lowest BCUT2D eigenvalue weighted by Gasteiger charge is -2.20. The Kier molecular flexibility index (Phi) is 5.21. The molecule has 1 atom stereocenters. The number of ether oxygens (including phenoxy) is 2. The van der Waals surface area contributed by atoms with Crippen LogP contribution in [0.4, 0.5) is 4.39 Å². The quantitative estimate of drug-likeness (QED) is 0.430. The van der Waals surface area contributed by atoms with Crippen LogP contribution in [0.15, 0.2) is 42.5 Å². The molecule has 3 rings (SSSR count). The Hall–Kier alpha value is -3.55. The summed E-state index contributed by atoms with van der Waals surface area (Å²) >= 11 is 0. The van der Waals surface area contributed by atoms with Crippen LogP contribution in [0.25, 0.3) is 0 Å². The van der Waals surface area contributed by atoms with Crippen LogP contribution in [0.5, 0.6) is 5.75 Å². The van der Waals surface area contributed by atoms with E-state index in [0.29, 0.717) is 0 Å². The van der Waals surface area contributed by atoms with E-state index in [2.05, 4.69) is 0 Å². The zero-order chi connectivity index (χ0) is 20.4. The molecule has 0 radical (unpaired) electrons. The molecule has 1 aliphatic heterocycles. The third-order valence-electron chi connectivity index (χ3n) is 4.36. The number of fused-ring (bicyclic) bond motifs is 1. The number of imide groups is 1. The number of rotatable bonds is 6. The molecule has 1 heterocycles. The summed E-state index contributed by atoms with van der Waals surface area (Å²) in [5, 5.41) is 0. The predicted octanol–water partition coefficient (Wildman–Crippen LogP) is 2.24. The van der Waals surface area contributed by atoms with Crippen molar-refractivity contribution in [1.29, 1.82) is 0 Å². The van der Waals surface area contributed by atoms with Gasteiger partial charge in [-0.05, 0) is 37.3 Å². The highest BCUT2D eigenvalue weighted by Crippen LogP contribution is 2.25. The summed E-state index contributed by atoms with van der Waals surface area (Å²) in [4.78, 5) is 50.2. The molecule has 0 aromatic heterocycles. The molecular formula is C20H16FNO6. The highest BCUT2D eigenvalue weighted by atomic mass is 19.1. The molecule has 0 bridgehead atoms. The van der Waals surface area contributed by atoms with Crippen LogP contribution in [0.2, 0.25) is 0 Å². The second-order valence-electron chi connectivity index (χ2n) is 6.08. The first kappa shape index (κ1) is 19.2. The lowest BCUT2D eigenvalue weighted by Crippen LogP contribution is -2.44. The monoisotopic (exact) mass is 385 g/mol. The molecule has 0 aliphatic carbocycles. The van der Waals surface area contributed by atoms with E-state index in [4.69, 9.17) is 9.47 Å². The second kappa shape index (κ2) is 7.59. The zero-order valence-corrected chi connectivity index (χ0v) is 15.1. The number of esters is 1. The SMILES string of the molecule is COc1ccc(F)cc1C(=O)COC(=O)[C@H](C)N1C(=O)c2ccccc2C1=O. The maximum atomic E-state index is 13.4. The Balaban J connectivity index is 1.69. The lowest BCUT2D eigenvalue weighted by molar-refractivity contribution is -0.146. The maximum absolute atomic E-state index is 13.4. The highest BCUT2D eigenvalue weighted by Gasteiger charge is 2.41. The van der Waals surface area contributed by atoms with E-state index in [0.717, 1.165) is 17.0 Å². The van der Waals surface area contributed by atoms with Crippen LogP contribution < -0.4 is 4.74 Å². The summed E-state index contributed by atoms with van der Waals surface area (Å²) in [5.74, 6) is -3.34. The first-order chi connectivity index (χ1) is 13.3. The van der Waals surface area contributed by atoms with Gasteiger partial charge in [0.25, 0.3) is 11.8 Å². The molecule has 28 heavy (non-hydrogen) atoms. The molecule has 7 nitrogen and oxygen atoms in total. The van der Waals surface area contributed by atoms with Crippen LogP contribution in [-0.4, -0.2) is 48.2 Å². The van der Waals surface area contributed by atoms with Crippen molar-refractivity contribution < 1.29 is 33.0 Å². The van der Waals surface area contributed by atoms with Gasteiger partial charge in [-0.1, -0.05) is 12.1 Å². The van der Waals surface area contributed by atoms with E-state index in [1.54, 1.807) is 12.1 Å². The number of methoxy groups -OCH3 is 1. The van der Waals surface area contributed by atoms with Crippen molar-refractivity contribution >= 4 is 23.6 Å². The molecule has 144 valence electrons. The van der Waals surface area contributed by atoms with Crippen molar-refractivity contribution in [1.82, 2.24) is 4.90 Å². The number of halogens is 1. The van der Waals surface area contributed by atoms with Crippen molar-refractivity contribution in [2.75, 3.05) is 13.7 Å². The van der Waals surface area contributed by atoms with E-state index < -0.39 is 42.0 Å². The van der Waals surface area contributed by atoms with Gasteiger partial charge in [0.05, 0.1) is 23.8 Å². The number of carbonyl (C=O) groups is 4. The van der Waals surface area contributed by atoms with Crippen LogP contribution in [0, 0.1) is 5.82 Å². The van der Waals surface area contributed by atoms with Crippen LogP contribution in [-0.2, 0) is 9.53 Å². The summed E-state index contributed by atoms with van der Waals surface area (Å²) in [6.45, 7) is 0.642. The standard InChI is InChI=1S/C20H16FNO6/c1-11(22-18(24)13-5-3-4-6-14(13)19(22)25)20(26)28-10-16(23)15-9-12(21)7-8-17(15)27-2/h3-9,11H,10H2,1-2H3/t11-/m0/s1. The number of nitrogens with zero attached hydrogens (tertiary/aromatic N) is 1. The van der Waals surface area contributed by atoms with Gasteiger partial charge >= 0.3 is 5.97 Å². The fourth-order valence-electron chi connectivity index (χ4n) is 2.90. The number of hydrogen-bond acceptors (Lipinski definition) is 6. The average Bonchev–Trinajstić information content (AvgIpc) is 2.96. The Morgan fingerprint density at radius 3 is 2.25 bits per heavy atom. The molecule has 2 aromatic carbocycles. The average molecular weight is 385 g/mol. The number of ketones is 1. The van der Waals surface area contributed by atoms with Gasteiger partial charge in [-0.3, -0.25) is 19.3 Å². The van der Waals surface area contributed by atoms with Gasteiger partial charge in [0.15, 0.2) is 6.61 Å². The first-order valence-electron chi connectivity index (χ1n) is 8.35. The summed E-state index contributed by atoms with van der Waals surface area (Å²) in [7, 11) is 1.32. The second-order valence-corrected chi connectivity index (χ2v) is 6.08. The van der Waals surface area contributed by atoms with E-state index in [1.165, 1.54) is 32.2 Å². The van der Waals surface area contributed by atoms with Gasteiger partial charge in [-0.25, -0.2) is 9.18 Å². The van der Waals surface area contributed by atoms with E-state index in [9.17, 15) is 23.6 Å². The Morgan fingerprint density at radius 2 is 1.68 bits per heavy atom. The number of benzene rings is 2. The molecule has 0 unspecified atom stereocenters. The van der Waals surface area contributed by atoms with Gasteiger partial charge in [0.1, 0.15) is 17.6 Å². The van der Waals surface area contributed by atoms with E-state index in [-0.39, 0.29) is 22.4 Å². The molecule has 2 aromatic rings. The first-order valence-corrected chi connectivity index (χ1v) is 8.35. The number of amides is 2. The Morgan fingerprint density at radius 1 is 1.07 bits per heavy atom. The molecule has 2 amide bonds. The molecule has 0 saturated heterocycles. The van der Waals surface area contributed by atoms with E-state index in [1.807, 2.05) is 0 Å². The molecule has 0 spiro atoms. The lowest BCUT2D eigenvalue weighted by atomic mass is 10.1. The molecule has 8 heteroatoms. The molecule has 1 aliphatic rings.